The quantitative estimate of drug-likeness (QED) is 0.883. The molecule has 6 heteroatoms. The molecule has 0 radical (unpaired) electrons. The highest BCUT2D eigenvalue weighted by atomic mass is 32.1. The first kappa shape index (κ1) is 10.5. The predicted octanol–water partition coefficient (Wildman–Crippen LogP) is 1.97. The lowest BCUT2D eigenvalue weighted by atomic mass is 10.0. The normalized spacial score (nSPS) is 18.9. The summed E-state index contributed by atoms with van der Waals surface area (Å²) in [6, 6.07) is 3.35. The van der Waals surface area contributed by atoms with E-state index in [9.17, 15) is 9.90 Å². The molecule has 1 N–H and O–H groups in total. The van der Waals surface area contributed by atoms with Crippen molar-refractivity contribution in [3.63, 3.8) is 0 Å². The van der Waals surface area contributed by atoms with Crippen LogP contribution in [0.3, 0.4) is 0 Å². The largest absolute Gasteiger partial charge is 0.480 e. The maximum Gasteiger partial charge on any atom is 0.326 e. The Morgan fingerprint density at radius 3 is 3.12 bits per heavy atom. The molecule has 0 saturated heterocycles. The number of hydrogen-bond donors (Lipinski definition) is 1. The molecule has 0 aromatic carbocycles. The molecule has 0 spiro atoms. The molecule has 0 fully saturated rings. The smallest absolute Gasteiger partial charge is 0.326 e. The molecule has 2 aromatic heterocycles. The first-order valence-electron chi connectivity index (χ1n) is 5.48. The van der Waals surface area contributed by atoms with Gasteiger partial charge in [-0.1, -0.05) is 6.07 Å². The fourth-order valence-corrected chi connectivity index (χ4v) is 2.92. The summed E-state index contributed by atoms with van der Waals surface area (Å²) in [6.45, 7) is 0. The molecule has 17 heavy (non-hydrogen) atoms. The van der Waals surface area contributed by atoms with Crippen molar-refractivity contribution in [1.82, 2.24) is 14.8 Å². The number of aliphatic carboxylic acids is 1. The Kier molecular flexibility index (Phi) is 2.44. The van der Waals surface area contributed by atoms with Gasteiger partial charge in [0.1, 0.15) is 11.9 Å². The van der Waals surface area contributed by atoms with Crippen molar-refractivity contribution in [3.8, 4) is 10.7 Å². The molecule has 1 aliphatic rings. The van der Waals surface area contributed by atoms with Crippen molar-refractivity contribution in [2.24, 2.45) is 0 Å². The van der Waals surface area contributed by atoms with Crippen molar-refractivity contribution in [2.75, 3.05) is 0 Å². The van der Waals surface area contributed by atoms with Gasteiger partial charge in [-0.15, -0.1) is 21.5 Å². The zero-order chi connectivity index (χ0) is 11.8. The molecule has 1 aliphatic heterocycles. The van der Waals surface area contributed by atoms with Gasteiger partial charge in [0.25, 0.3) is 0 Å². The average Bonchev–Trinajstić information content (AvgIpc) is 2.96. The maximum atomic E-state index is 11.3. The van der Waals surface area contributed by atoms with Crippen LogP contribution in [0, 0.1) is 0 Å². The van der Waals surface area contributed by atoms with Crippen molar-refractivity contribution in [3.05, 3.63) is 23.3 Å². The van der Waals surface area contributed by atoms with Gasteiger partial charge in [0.2, 0.25) is 0 Å². The average molecular weight is 249 g/mol. The van der Waals surface area contributed by atoms with Gasteiger partial charge in [-0.2, -0.15) is 0 Å². The Morgan fingerprint density at radius 2 is 2.41 bits per heavy atom. The monoisotopic (exact) mass is 249 g/mol. The van der Waals surface area contributed by atoms with Crippen LogP contribution in [0.15, 0.2) is 17.5 Å². The Morgan fingerprint density at radius 1 is 1.53 bits per heavy atom. The second-order valence-electron chi connectivity index (χ2n) is 4.03. The van der Waals surface area contributed by atoms with Crippen LogP contribution in [-0.4, -0.2) is 25.8 Å². The summed E-state index contributed by atoms with van der Waals surface area (Å²) < 4.78 is 1.78. The number of rotatable bonds is 2. The molecule has 1 atom stereocenters. The minimum absolute atomic E-state index is 0.522. The molecule has 2 aromatic rings. The summed E-state index contributed by atoms with van der Waals surface area (Å²) in [5.41, 5.74) is 0. The first-order valence-corrected chi connectivity index (χ1v) is 6.36. The Bertz CT molecular complexity index is 547. The van der Waals surface area contributed by atoms with Crippen molar-refractivity contribution in [2.45, 2.75) is 25.3 Å². The van der Waals surface area contributed by atoms with E-state index in [1.807, 2.05) is 17.5 Å². The Hall–Kier alpha value is -1.69. The van der Waals surface area contributed by atoms with Crippen LogP contribution in [0.4, 0.5) is 0 Å². The zero-order valence-corrected chi connectivity index (χ0v) is 9.85. The molecule has 0 bridgehead atoms. The maximum absolute atomic E-state index is 11.3. The van der Waals surface area contributed by atoms with Gasteiger partial charge < -0.3 is 5.11 Å². The van der Waals surface area contributed by atoms with Crippen molar-refractivity contribution < 1.29 is 9.90 Å². The number of carboxylic acid groups (broad SMARTS) is 1. The standard InChI is InChI=1S/C11H11N3O2S/c15-11(16)7-3-1-5-9-12-13-10(14(7)9)8-4-2-6-17-8/h2,4,6-7H,1,3,5H2,(H,15,16). The topological polar surface area (TPSA) is 68.0 Å². The first-order chi connectivity index (χ1) is 8.27. The lowest BCUT2D eigenvalue weighted by Crippen LogP contribution is -2.25. The fraction of sp³-hybridized carbons (Fsp3) is 0.364. The third-order valence-electron chi connectivity index (χ3n) is 2.98. The van der Waals surface area contributed by atoms with E-state index in [-0.39, 0.29) is 0 Å². The van der Waals surface area contributed by atoms with Crippen LogP contribution in [0.2, 0.25) is 0 Å². The van der Waals surface area contributed by atoms with E-state index in [1.165, 1.54) is 0 Å². The molecule has 0 amide bonds. The van der Waals surface area contributed by atoms with Gasteiger partial charge in [0.15, 0.2) is 5.82 Å². The Balaban J connectivity index is 2.14. The minimum atomic E-state index is -0.802. The molecule has 0 aliphatic carbocycles. The summed E-state index contributed by atoms with van der Waals surface area (Å²) in [7, 11) is 0. The lowest BCUT2D eigenvalue weighted by molar-refractivity contribution is -0.141. The highest BCUT2D eigenvalue weighted by Crippen LogP contribution is 2.31. The SMILES string of the molecule is O=C(O)C1CCCc2nnc(-c3cccs3)n21. The van der Waals surface area contributed by atoms with Crippen molar-refractivity contribution >= 4 is 17.3 Å². The summed E-state index contributed by atoms with van der Waals surface area (Å²) in [4.78, 5) is 12.2. The third-order valence-corrected chi connectivity index (χ3v) is 3.85. The molecule has 3 rings (SSSR count). The second-order valence-corrected chi connectivity index (χ2v) is 4.98. The van der Waals surface area contributed by atoms with Crippen LogP contribution in [0.25, 0.3) is 10.7 Å². The summed E-state index contributed by atoms with van der Waals surface area (Å²) >= 11 is 1.55. The van der Waals surface area contributed by atoms with E-state index < -0.39 is 12.0 Å². The number of nitrogens with zero attached hydrogens (tertiary/aromatic N) is 3. The van der Waals surface area contributed by atoms with Crippen molar-refractivity contribution in [1.29, 1.82) is 0 Å². The summed E-state index contributed by atoms with van der Waals surface area (Å²) in [5.74, 6) is 0.665. The molecule has 88 valence electrons. The molecule has 1 unspecified atom stereocenters. The van der Waals surface area contributed by atoms with Gasteiger partial charge in [-0.25, -0.2) is 4.79 Å². The van der Waals surface area contributed by atoms with E-state index in [4.69, 9.17) is 0 Å². The van der Waals surface area contributed by atoms with E-state index in [0.29, 0.717) is 12.2 Å². The number of fused-ring (bicyclic) bond motifs is 1. The number of aryl methyl sites for hydroxylation is 1. The minimum Gasteiger partial charge on any atom is -0.480 e. The van der Waals surface area contributed by atoms with E-state index in [2.05, 4.69) is 10.2 Å². The van der Waals surface area contributed by atoms with Gasteiger partial charge in [-0.05, 0) is 24.3 Å². The predicted molar refractivity (Wildman–Crippen MR) is 62.9 cm³/mol. The second kappa shape index (κ2) is 3.96. The van der Waals surface area contributed by atoms with E-state index in [1.54, 1.807) is 15.9 Å². The number of aromatic nitrogens is 3. The third kappa shape index (κ3) is 1.64. The zero-order valence-electron chi connectivity index (χ0n) is 9.04. The molecule has 3 heterocycles. The number of hydrogen-bond acceptors (Lipinski definition) is 4. The van der Waals surface area contributed by atoms with Gasteiger partial charge >= 0.3 is 5.97 Å². The molecular formula is C11H11N3O2S. The Labute approximate surface area is 102 Å². The summed E-state index contributed by atoms with van der Waals surface area (Å²) in [6.07, 6.45) is 2.32. The summed E-state index contributed by atoms with van der Waals surface area (Å²) in [5, 5.41) is 19.4. The lowest BCUT2D eigenvalue weighted by Gasteiger charge is -2.22. The van der Waals surface area contributed by atoms with Crippen LogP contribution in [0.5, 0.6) is 0 Å². The van der Waals surface area contributed by atoms with Gasteiger partial charge in [0.05, 0.1) is 4.88 Å². The van der Waals surface area contributed by atoms with E-state index >= 15 is 0 Å². The number of carbonyl (C=O) groups is 1. The van der Waals surface area contributed by atoms with Crippen LogP contribution < -0.4 is 0 Å². The number of carboxylic acids is 1. The number of thiophene rings is 1. The highest BCUT2D eigenvalue weighted by molar-refractivity contribution is 7.13. The van der Waals surface area contributed by atoms with Crippen LogP contribution in [0.1, 0.15) is 24.7 Å². The van der Waals surface area contributed by atoms with Gasteiger partial charge in [0, 0.05) is 6.42 Å². The van der Waals surface area contributed by atoms with Crippen LogP contribution >= 0.6 is 11.3 Å². The van der Waals surface area contributed by atoms with Crippen LogP contribution in [-0.2, 0) is 11.2 Å². The molecule has 5 nitrogen and oxygen atoms in total. The molecule has 0 saturated carbocycles. The fourth-order valence-electron chi connectivity index (χ4n) is 2.21. The highest BCUT2D eigenvalue weighted by Gasteiger charge is 2.30. The molecular weight excluding hydrogens is 238 g/mol. The van der Waals surface area contributed by atoms with E-state index in [0.717, 1.165) is 23.5 Å². The van der Waals surface area contributed by atoms with Gasteiger partial charge in [-0.3, -0.25) is 4.57 Å².